The Morgan fingerprint density at radius 3 is 2.47 bits per heavy atom. The first kappa shape index (κ1) is 23.4. The third-order valence-corrected chi connectivity index (χ3v) is 5.62. The third kappa shape index (κ3) is 5.50. The number of carbonyl (C=O) groups is 3. The zero-order valence-corrected chi connectivity index (χ0v) is 19.4. The van der Waals surface area contributed by atoms with Crippen LogP contribution >= 0.6 is 11.8 Å². The van der Waals surface area contributed by atoms with Crippen molar-refractivity contribution in [2.75, 3.05) is 25.1 Å². The fourth-order valence-electron chi connectivity index (χ4n) is 3.15. The number of hydrogen-bond acceptors (Lipinski definition) is 6. The van der Waals surface area contributed by atoms with Crippen molar-refractivity contribution in [1.29, 1.82) is 0 Å². The summed E-state index contributed by atoms with van der Waals surface area (Å²) in [5.41, 5.74) is 3.26. The van der Waals surface area contributed by atoms with E-state index >= 15 is 0 Å². The average molecular weight is 455 g/mol. The van der Waals surface area contributed by atoms with Crippen LogP contribution in [0.1, 0.15) is 30.5 Å². The van der Waals surface area contributed by atoms with Crippen molar-refractivity contribution in [3.05, 3.63) is 58.0 Å². The summed E-state index contributed by atoms with van der Waals surface area (Å²) in [6.45, 7) is 8.19. The molecule has 168 valence electrons. The molecule has 1 heterocycles. The van der Waals surface area contributed by atoms with Crippen LogP contribution in [0.25, 0.3) is 6.08 Å². The molecule has 3 rings (SSSR count). The molecule has 1 aliphatic heterocycles. The molecule has 1 N–H and O–H groups in total. The van der Waals surface area contributed by atoms with Gasteiger partial charge in [-0.25, -0.2) is 0 Å². The minimum atomic E-state index is -0.497. The first-order valence-electron chi connectivity index (χ1n) is 10.3. The van der Waals surface area contributed by atoms with E-state index in [1.807, 2.05) is 45.9 Å². The molecule has 1 fully saturated rings. The predicted octanol–water partition coefficient (Wildman–Crippen LogP) is 4.78. The molecule has 1 saturated heterocycles. The maximum atomic E-state index is 12.8. The summed E-state index contributed by atoms with van der Waals surface area (Å²) in [4.78, 5) is 38.9. The van der Waals surface area contributed by atoms with Gasteiger partial charge >= 0.3 is 0 Å². The molecule has 0 atom stereocenters. The van der Waals surface area contributed by atoms with Crippen LogP contribution in [-0.2, 0) is 9.59 Å². The number of ether oxygens (including phenoxy) is 2. The smallest absolute Gasteiger partial charge is 0.294 e. The quantitative estimate of drug-likeness (QED) is 0.578. The summed E-state index contributed by atoms with van der Waals surface area (Å²) >= 11 is 0.811. The standard InChI is InChI=1S/C24H26N2O5S/c1-5-30-19-10-9-17(12-20(19)31-6-2)13-21-23(28)26(24(29)32-21)14-22(27)25-18-11-15(3)7-8-16(18)4/h7-13H,5-6,14H2,1-4H3,(H,25,27)/b21-13+. The zero-order chi connectivity index (χ0) is 23.3. The minimum Gasteiger partial charge on any atom is -0.490 e. The van der Waals surface area contributed by atoms with Crippen molar-refractivity contribution < 1.29 is 23.9 Å². The maximum absolute atomic E-state index is 12.8. The van der Waals surface area contributed by atoms with Crippen LogP contribution in [0.15, 0.2) is 41.3 Å². The Kier molecular flexibility index (Phi) is 7.58. The topological polar surface area (TPSA) is 84.9 Å². The molecule has 0 unspecified atom stereocenters. The number of hydrogen-bond donors (Lipinski definition) is 1. The van der Waals surface area contributed by atoms with Gasteiger partial charge in [-0.05, 0) is 80.4 Å². The van der Waals surface area contributed by atoms with Crippen molar-refractivity contribution in [2.45, 2.75) is 27.7 Å². The third-order valence-electron chi connectivity index (χ3n) is 4.71. The number of nitrogens with one attached hydrogen (secondary N) is 1. The molecule has 7 nitrogen and oxygen atoms in total. The van der Waals surface area contributed by atoms with E-state index in [2.05, 4.69) is 5.32 Å². The Morgan fingerprint density at radius 2 is 1.75 bits per heavy atom. The second kappa shape index (κ2) is 10.4. The lowest BCUT2D eigenvalue weighted by molar-refractivity contribution is -0.127. The van der Waals surface area contributed by atoms with Gasteiger partial charge in [0.15, 0.2) is 11.5 Å². The molecule has 0 aliphatic carbocycles. The van der Waals surface area contributed by atoms with Crippen LogP contribution in [0.5, 0.6) is 11.5 Å². The average Bonchev–Trinajstić information content (AvgIpc) is 3.00. The lowest BCUT2D eigenvalue weighted by Gasteiger charge is -2.14. The summed E-state index contributed by atoms with van der Waals surface area (Å²) in [5, 5.41) is 2.30. The number of rotatable bonds is 8. The number of benzene rings is 2. The van der Waals surface area contributed by atoms with Crippen molar-refractivity contribution in [1.82, 2.24) is 4.90 Å². The number of aryl methyl sites for hydroxylation is 2. The molecule has 3 amide bonds. The van der Waals surface area contributed by atoms with E-state index in [0.717, 1.165) is 27.8 Å². The molecule has 2 aromatic rings. The number of nitrogens with zero attached hydrogens (tertiary/aromatic N) is 1. The Labute approximate surface area is 191 Å². The van der Waals surface area contributed by atoms with Gasteiger partial charge in [0.2, 0.25) is 5.91 Å². The molecular weight excluding hydrogens is 428 g/mol. The first-order valence-corrected chi connectivity index (χ1v) is 11.2. The summed E-state index contributed by atoms with van der Waals surface area (Å²) < 4.78 is 11.2. The van der Waals surface area contributed by atoms with Crippen LogP contribution < -0.4 is 14.8 Å². The predicted molar refractivity (Wildman–Crippen MR) is 126 cm³/mol. The molecule has 32 heavy (non-hydrogen) atoms. The first-order chi connectivity index (χ1) is 15.3. The maximum Gasteiger partial charge on any atom is 0.294 e. The molecule has 0 aromatic heterocycles. The van der Waals surface area contributed by atoms with Crippen LogP contribution in [0.4, 0.5) is 10.5 Å². The van der Waals surface area contributed by atoms with Gasteiger partial charge in [0.1, 0.15) is 6.54 Å². The fraction of sp³-hybridized carbons (Fsp3) is 0.292. The Morgan fingerprint density at radius 1 is 1.03 bits per heavy atom. The van der Waals surface area contributed by atoms with Gasteiger partial charge in [-0.1, -0.05) is 18.2 Å². The van der Waals surface area contributed by atoms with Crippen LogP contribution in [-0.4, -0.2) is 41.7 Å². The molecular formula is C24H26N2O5S. The van der Waals surface area contributed by atoms with Gasteiger partial charge in [-0.3, -0.25) is 19.3 Å². The van der Waals surface area contributed by atoms with E-state index in [1.54, 1.807) is 24.3 Å². The Hall–Kier alpha value is -3.26. The van der Waals surface area contributed by atoms with Crippen LogP contribution in [0, 0.1) is 13.8 Å². The second-order valence-electron chi connectivity index (χ2n) is 7.21. The molecule has 8 heteroatoms. The van der Waals surface area contributed by atoms with E-state index < -0.39 is 17.1 Å². The monoisotopic (exact) mass is 454 g/mol. The molecule has 0 radical (unpaired) electrons. The van der Waals surface area contributed by atoms with Gasteiger partial charge in [-0.2, -0.15) is 0 Å². The Bertz CT molecular complexity index is 1080. The molecule has 1 aliphatic rings. The van der Waals surface area contributed by atoms with Crippen LogP contribution in [0.3, 0.4) is 0 Å². The van der Waals surface area contributed by atoms with E-state index in [9.17, 15) is 14.4 Å². The molecule has 2 aromatic carbocycles. The van der Waals surface area contributed by atoms with Gasteiger partial charge in [0.25, 0.3) is 11.1 Å². The van der Waals surface area contributed by atoms with Crippen molar-refractivity contribution in [3.8, 4) is 11.5 Å². The highest BCUT2D eigenvalue weighted by Gasteiger charge is 2.36. The summed E-state index contributed by atoms with van der Waals surface area (Å²) in [5.74, 6) is 0.253. The number of carbonyl (C=O) groups excluding carboxylic acids is 3. The van der Waals surface area contributed by atoms with Crippen molar-refractivity contribution in [2.24, 2.45) is 0 Å². The molecule has 0 bridgehead atoms. The van der Waals surface area contributed by atoms with Gasteiger partial charge in [0.05, 0.1) is 18.1 Å². The second-order valence-corrected chi connectivity index (χ2v) is 8.20. The largest absolute Gasteiger partial charge is 0.490 e. The highest BCUT2D eigenvalue weighted by Crippen LogP contribution is 2.34. The highest BCUT2D eigenvalue weighted by atomic mass is 32.2. The highest BCUT2D eigenvalue weighted by molar-refractivity contribution is 8.18. The van der Waals surface area contributed by atoms with E-state index in [0.29, 0.717) is 36.0 Å². The van der Waals surface area contributed by atoms with Crippen LogP contribution in [0.2, 0.25) is 0 Å². The normalized spacial score (nSPS) is 14.8. The lowest BCUT2D eigenvalue weighted by atomic mass is 10.1. The van der Waals surface area contributed by atoms with Gasteiger partial charge < -0.3 is 14.8 Å². The van der Waals surface area contributed by atoms with Crippen molar-refractivity contribution in [3.63, 3.8) is 0 Å². The minimum absolute atomic E-state index is 0.251. The number of thioether (sulfide) groups is 1. The molecule has 0 spiro atoms. The van der Waals surface area contributed by atoms with Gasteiger partial charge in [0, 0.05) is 5.69 Å². The summed E-state index contributed by atoms with van der Waals surface area (Å²) in [7, 11) is 0. The summed E-state index contributed by atoms with van der Waals surface area (Å²) in [6, 6.07) is 11.0. The summed E-state index contributed by atoms with van der Waals surface area (Å²) in [6.07, 6.45) is 1.62. The number of imide groups is 1. The van der Waals surface area contributed by atoms with Crippen molar-refractivity contribution >= 4 is 40.6 Å². The SMILES string of the molecule is CCOc1ccc(/C=C2/SC(=O)N(CC(=O)Nc3cc(C)ccc3C)C2=O)cc1OCC. The molecule has 0 saturated carbocycles. The number of anilines is 1. The zero-order valence-electron chi connectivity index (χ0n) is 18.6. The lowest BCUT2D eigenvalue weighted by Crippen LogP contribution is -2.36. The van der Waals surface area contributed by atoms with E-state index in [4.69, 9.17) is 9.47 Å². The van der Waals surface area contributed by atoms with E-state index in [1.165, 1.54) is 0 Å². The number of amides is 3. The van der Waals surface area contributed by atoms with E-state index in [-0.39, 0.29) is 11.4 Å². The van der Waals surface area contributed by atoms with Gasteiger partial charge in [-0.15, -0.1) is 0 Å². The fourth-order valence-corrected chi connectivity index (χ4v) is 3.99. The Balaban J connectivity index is 1.74.